The van der Waals surface area contributed by atoms with Crippen LogP contribution in [0.25, 0.3) is 20.8 Å². The Kier molecular flexibility index (Phi) is 6.85. The summed E-state index contributed by atoms with van der Waals surface area (Å²) >= 11 is 1.59. The Bertz CT molecular complexity index is 1430. The first-order valence-corrected chi connectivity index (χ1v) is 15.0. The van der Waals surface area contributed by atoms with Gasteiger partial charge in [-0.1, -0.05) is 0 Å². The molecule has 3 atom stereocenters. The van der Waals surface area contributed by atoms with Crippen molar-refractivity contribution in [3.8, 4) is 22.9 Å². The van der Waals surface area contributed by atoms with Gasteiger partial charge < -0.3 is 15.7 Å². The number of terminal acetylenes is 1. The van der Waals surface area contributed by atoms with Crippen LogP contribution in [0, 0.1) is 25.2 Å². The van der Waals surface area contributed by atoms with Crippen molar-refractivity contribution in [3.63, 3.8) is 0 Å². The molecule has 3 N–H and O–H groups in total. The molecule has 5 rings (SSSR count). The minimum atomic E-state index is -3.19. The van der Waals surface area contributed by atoms with Crippen LogP contribution in [-0.2, 0) is 9.84 Å². The summed E-state index contributed by atoms with van der Waals surface area (Å²) < 4.78 is 24.7. The maximum atomic E-state index is 11.8. The van der Waals surface area contributed by atoms with Crippen LogP contribution in [0.2, 0.25) is 0 Å². The fraction of sp³-hybridized carbons (Fsp3) is 0.520. The number of hydrogen-bond acceptors (Lipinski definition) is 10. The highest BCUT2D eigenvalue weighted by Gasteiger charge is 2.36. The molecular weight excluding hydrogens is 496 g/mol. The number of thiazole rings is 1. The van der Waals surface area contributed by atoms with Crippen molar-refractivity contribution >= 4 is 43.2 Å². The number of pyridine rings is 1. The lowest BCUT2D eigenvalue weighted by atomic mass is 10.1. The third-order valence-electron chi connectivity index (χ3n) is 6.67. The van der Waals surface area contributed by atoms with E-state index in [-0.39, 0.29) is 17.7 Å². The van der Waals surface area contributed by atoms with Crippen LogP contribution in [0.5, 0.6) is 0 Å². The molecule has 11 heteroatoms. The second-order valence-electron chi connectivity index (χ2n) is 9.81. The molecule has 2 fully saturated rings. The van der Waals surface area contributed by atoms with Gasteiger partial charge in [-0.3, -0.25) is 4.98 Å². The number of hydrogen-bond donors (Lipinski definition) is 3. The predicted octanol–water partition coefficient (Wildman–Crippen LogP) is 3.37. The average Bonchev–Trinajstić information content (AvgIpc) is 3.47. The monoisotopic (exact) mass is 526 g/mol. The van der Waals surface area contributed by atoms with Gasteiger partial charge >= 0.3 is 0 Å². The largest absolute Gasteiger partial charge is 0.393 e. The van der Waals surface area contributed by atoms with Gasteiger partial charge in [0, 0.05) is 43.3 Å². The van der Waals surface area contributed by atoms with E-state index < -0.39 is 15.9 Å². The Morgan fingerprint density at radius 1 is 1.25 bits per heavy atom. The summed E-state index contributed by atoms with van der Waals surface area (Å²) in [7, 11) is -3.19. The van der Waals surface area contributed by atoms with Crippen molar-refractivity contribution in [3.05, 3.63) is 23.7 Å². The smallest absolute Gasteiger partial charge is 0.224 e. The summed E-state index contributed by atoms with van der Waals surface area (Å²) in [6, 6.07) is 1.86. The number of aryl methyl sites for hydroxylation is 1. The zero-order chi connectivity index (χ0) is 25.4. The highest BCUT2D eigenvalue weighted by Crippen LogP contribution is 2.44. The molecule has 3 unspecified atom stereocenters. The summed E-state index contributed by atoms with van der Waals surface area (Å²) in [5.41, 5.74) is 3.56. The Morgan fingerprint density at radius 3 is 2.78 bits per heavy atom. The summed E-state index contributed by atoms with van der Waals surface area (Å²) in [5.74, 6) is 3.81. The molecule has 0 spiro atoms. The zero-order valence-electron chi connectivity index (χ0n) is 20.4. The van der Waals surface area contributed by atoms with Crippen LogP contribution in [-0.4, -0.2) is 64.2 Å². The first kappa shape index (κ1) is 24.9. The van der Waals surface area contributed by atoms with Crippen LogP contribution >= 0.6 is 11.3 Å². The highest BCUT2D eigenvalue weighted by atomic mass is 32.2. The standard InChI is InChI=1S/C25H30N6O3S2/c1-4-5-9-27-25-28-14(2)20(24-30-22-19(35-24)8-10-26-21(22)15-6-7-15)23(31-25)29-17-11-16(18(32)12-17)13-36(3,33)34/h1,8,10,15-18,32H,5-7,9,11-13H2,2-3H3,(H2,27,28,29,31). The number of nitrogens with one attached hydrogen (secondary N) is 2. The Balaban J connectivity index is 1.50. The van der Waals surface area contributed by atoms with Gasteiger partial charge in [-0.05, 0) is 38.7 Å². The van der Waals surface area contributed by atoms with E-state index in [0.717, 1.165) is 45.0 Å². The molecule has 2 saturated carbocycles. The Labute approximate surface area is 215 Å². The number of fused-ring (bicyclic) bond motifs is 1. The van der Waals surface area contributed by atoms with Crippen LogP contribution in [0.4, 0.5) is 11.8 Å². The van der Waals surface area contributed by atoms with Gasteiger partial charge in [-0.2, -0.15) is 4.98 Å². The van der Waals surface area contributed by atoms with E-state index in [1.165, 1.54) is 6.26 Å². The van der Waals surface area contributed by atoms with Gasteiger partial charge in [-0.25, -0.2) is 18.4 Å². The van der Waals surface area contributed by atoms with E-state index in [9.17, 15) is 13.5 Å². The molecule has 9 nitrogen and oxygen atoms in total. The van der Waals surface area contributed by atoms with Gasteiger partial charge in [-0.15, -0.1) is 23.7 Å². The molecule has 0 bridgehead atoms. The van der Waals surface area contributed by atoms with Crippen molar-refractivity contribution in [2.75, 3.05) is 29.2 Å². The van der Waals surface area contributed by atoms with Crippen molar-refractivity contribution in [1.29, 1.82) is 0 Å². The molecule has 0 aromatic carbocycles. The predicted molar refractivity (Wildman–Crippen MR) is 143 cm³/mol. The average molecular weight is 527 g/mol. The molecule has 36 heavy (non-hydrogen) atoms. The lowest BCUT2D eigenvalue weighted by molar-refractivity contribution is 0.142. The lowest BCUT2D eigenvalue weighted by Gasteiger charge is -2.18. The molecule has 3 heterocycles. The first-order valence-electron chi connectivity index (χ1n) is 12.2. The quantitative estimate of drug-likeness (QED) is 0.284. The first-order chi connectivity index (χ1) is 17.2. The SMILES string of the molecule is C#CCCNc1nc(C)c(-c2nc3c(C4CC4)nccc3s2)c(NC2CC(O)C(CS(C)(=O)=O)C2)n1. The second kappa shape index (κ2) is 9.92. The summed E-state index contributed by atoms with van der Waals surface area (Å²) in [5, 5.41) is 18.0. The summed E-state index contributed by atoms with van der Waals surface area (Å²) in [6.45, 7) is 2.47. The number of rotatable bonds is 9. The molecule has 0 amide bonds. The molecule has 3 aromatic rings. The van der Waals surface area contributed by atoms with Gasteiger partial charge in [0.1, 0.15) is 26.2 Å². The minimum Gasteiger partial charge on any atom is -0.393 e. The fourth-order valence-electron chi connectivity index (χ4n) is 4.88. The third kappa shape index (κ3) is 5.45. The fourth-order valence-corrected chi connectivity index (χ4v) is 7.08. The Morgan fingerprint density at radius 2 is 2.06 bits per heavy atom. The maximum Gasteiger partial charge on any atom is 0.224 e. The molecule has 0 radical (unpaired) electrons. The molecule has 190 valence electrons. The van der Waals surface area contributed by atoms with Gasteiger partial charge in [0.2, 0.25) is 5.95 Å². The van der Waals surface area contributed by atoms with E-state index >= 15 is 0 Å². The topological polar surface area (TPSA) is 130 Å². The number of aliphatic hydroxyl groups is 1. The number of nitrogens with zero attached hydrogens (tertiary/aromatic N) is 4. The normalized spacial score (nSPS) is 22.0. The van der Waals surface area contributed by atoms with Crippen molar-refractivity contribution < 1.29 is 13.5 Å². The third-order valence-corrected chi connectivity index (χ3v) is 8.74. The van der Waals surface area contributed by atoms with E-state index in [1.807, 2.05) is 19.2 Å². The van der Waals surface area contributed by atoms with Gasteiger partial charge in [0.25, 0.3) is 0 Å². The molecule has 2 aliphatic rings. The maximum absolute atomic E-state index is 11.8. The summed E-state index contributed by atoms with van der Waals surface area (Å²) in [6.07, 6.45) is 11.6. The Hall–Kier alpha value is -2.81. The minimum absolute atomic E-state index is 0.0320. The zero-order valence-corrected chi connectivity index (χ0v) is 22.0. The number of anilines is 2. The van der Waals surface area contributed by atoms with Crippen LogP contribution in [0.3, 0.4) is 0 Å². The lowest BCUT2D eigenvalue weighted by Crippen LogP contribution is -2.22. The number of aliphatic hydroxyl groups excluding tert-OH is 1. The van der Waals surface area contributed by atoms with Gasteiger partial charge in [0.05, 0.1) is 33.5 Å². The van der Waals surface area contributed by atoms with Crippen LogP contribution in [0.1, 0.15) is 49.4 Å². The van der Waals surface area contributed by atoms with Crippen molar-refractivity contribution in [2.24, 2.45) is 5.92 Å². The second-order valence-corrected chi connectivity index (χ2v) is 13.0. The number of sulfone groups is 1. The van der Waals surface area contributed by atoms with Crippen molar-refractivity contribution in [1.82, 2.24) is 19.9 Å². The van der Waals surface area contributed by atoms with Crippen molar-refractivity contribution in [2.45, 2.75) is 57.1 Å². The molecular formula is C25H30N6O3S2. The van der Waals surface area contributed by atoms with Gasteiger partial charge in [0.15, 0.2) is 0 Å². The molecule has 0 saturated heterocycles. The highest BCUT2D eigenvalue weighted by molar-refractivity contribution is 7.90. The van der Waals surface area contributed by atoms with Crippen LogP contribution in [0.15, 0.2) is 12.3 Å². The molecule has 0 aliphatic heterocycles. The number of aromatic nitrogens is 4. The van der Waals surface area contributed by atoms with E-state index in [0.29, 0.717) is 43.5 Å². The summed E-state index contributed by atoms with van der Waals surface area (Å²) in [4.78, 5) is 19.0. The van der Waals surface area contributed by atoms with E-state index in [1.54, 1.807) is 11.3 Å². The van der Waals surface area contributed by atoms with Crippen LogP contribution < -0.4 is 10.6 Å². The molecule has 3 aromatic heterocycles. The van der Waals surface area contributed by atoms with E-state index in [4.69, 9.17) is 16.4 Å². The molecule has 2 aliphatic carbocycles. The van der Waals surface area contributed by atoms with E-state index in [2.05, 4.69) is 26.5 Å².